The van der Waals surface area contributed by atoms with Crippen molar-refractivity contribution in [2.24, 2.45) is 0 Å². The molecule has 1 saturated heterocycles. The number of benzene rings is 1. The minimum Gasteiger partial charge on any atom is -0.493 e. The summed E-state index contributed by atoms with van der Waals surface area (Å²) in [4.78, 5) is 12.5. The van der Waals surface area contributed by atoms with Crippen LogP contribution in [-0.2, 0) is 10.2 Å². The van der Waals surface area contributed by atoms with Crippen molar-refractivity contribution in [1.29, 1.82) is 0 Å². The molecule has 1 fully saturated rings. The lowest BCUT2D eigenvalue weighted by molar-refractivity contribution is -0.277. The van der Waals surface area contributed by atoms with E-state index < -0.39 is 48.4 Å². The minimum absolute atomic E-state index is 0.0770. The molecule has 9 nitrogen and oxygen atoms in total. The molecule has 30 heavy (non-hydrogen) atoms. The summed E-state index contributed by atoms with van der Waals surface area (Å²) in [6.45, 7) is 6.85. The molecule has 9 heteroatoms. The predicted octanol–water partition coefficient (Wildman–Crippen LogP) is 0.444. The van der Waals surface area contributed by atoms with E-state index >= 15 is 0 Å². The summed E-state index contributed by atoms with van der Waals surface area (Å²) in [7, 11) is 1.41. The fourth-order valence-corrected chi connectivity index (χ4v) is 3.23. The van der Waals surface area contributed by atoms with Crippen molar-refractivity contribution in [3.8, 4) is 11.5 Å². The van der Waals surface area contributed by atoms with Gasteiger partial charge in [0.05, 0.1) is 13.7 Å². The first-order chi connectivity index (χ1) is 14.1. The van der Waals surface area contributed by atoms with E-state index in [0.717, 1.165) is 0 Å². The summed E-state index contributed by atoms with van der Waals surface area (Å²) >= 11 is 0. The van der Waals surface area contributed by atoms with Crippen LogP contribution in [0, 0.1) is 0 Å². The van der Waals surface area contributed by atoms with Gasteiger partial charge in [-0.15, -0.1) is 6.58 Å². The summed E-state index contributed by atoms with van der Waals surface area (Å²) in [6, 6.07) is 4.69. The van der Waals surface area contributed by atoms with Gasteiger partial charge in [-0.1, -0.05) is 19.9 Å². The Morgan fingerprint density at radius 1 is 1.13 bits per heavy atom. The third kappa shape index (κ3) is 3.94. The molecule has 2 heterocycles. The largest absolute Gasteiger partial charge is 0.493 e. The normalized spacial score (nSPS) is 27.1. The van der Waals surface area contributed by atoms with Gasteiger partial charge in [0, 0.05) is 22.4 Å². The van der Waals surface area contributed by atoms with Gasteiger partial charge in [0.15, 0.2) is 11.5 Å². The number of allylic oxidation sites excluding steroid dienone is 1. The molecule has 0 spiro atoms. The van der Waals surface area contributed by atoms with Gasteiger partial charge in [-0.2, -0.15) is 0 Å². The van der Waals surface area contributed by atoms with Gasteiger partial charge in [0.1, 0.15) is 30.0 Å². The molecule has 4 N–H and O–H groups in total. The Balaban J connectivity index is 2.01. The molecule has 5 unspecified atom stereocenters. The van der Waals surface area contributed by atoms with E-state index in [9.17, 15) is 25.2 Å². The smallest absolute Gasteiger partial charge is 0.340 e. The van der Waals surface area contributed by atoms with Crippen molar-refractivity contribution in [3.63, 3.8) is 0 Å². The number of aliphatic hydroxyl groups excluding tert-OH is 4. The zero-order chi connectivity index (χ0) is 22.2. The van der Waals surface area contributed by atoms with Crippen molar-refractivity contribution >= 4 is 11.0 Å². The molecule has 2 aromatic rings. The van der Waals surface area contributed by atoms with E-state index in [2.05, 4.69) is 6.58 Å². The summed E-state index contributed by atoms with van der Waals surface area (Å²) in [6.07, 6.45) is -5.56. The van der Waals surface area contributed by atoms with E-state index in [1.54, 1.807) is 18.2 Å². The fraction of sp³-hybridized carbons (Fsp3) is 0.476. The van der Waals surface area contributed by atoms with Crippen LogP contribution in [0.3, 0.4) is 0 Å². The monoisotopic (exact) mass is 422 g/mol. The highest BCUT2D eigenvalue weighted by Gasteiger charge is 2.45. The Kier molecular flexibility index (Phi) is 6.21. The van der Waals surface area contributed by atoms with E-state index in [-0.39, 0.29) is 17.1 Å². The lowest BCUT2D eigenvalue weighted by atomic mass is 9.85. The first-order valence-electron chi connectivity index (χ1n) is 9.40. The molecule has 1 aromatic heterocycles. The van der Waals surface area contributed by atoms with Crippen molar-refractivity contribution in [2.45, 2.75) is 50.0 Å². The number of hydrogen-bond donors (Lipinski definition) is 4. The summed E-state index contributed by atoms with van der Waals surface area (Å²) in [5, 5.41) is 39.9. The topological polar surface area (TPSA) is 139 Å². The molecular weight excluding hydrogens is 396 g/mol. The number of hydrogen-bond acceptors (Lipinski definition) is 9. The van der Waals surface area contributed by atoms with Gasteiger partial charge < -0.3 is 39.1 Å². The second-order valence-corrected chi connectivity index (χ2v) is 7.73. The third-order valence-electron chi connectivity index (χ3n) is 5.31. The molecule has 164 valence electrons. The molecule has 0 bridgehead atoms. The van der Waals surface area contributed by atoms with Crippen LogP contribution < -0.4 is 15.1 Å². The standard InChI is InChI=1S/C21H26O9/c1-5-21(2,3)11-6-10-7-13(27-4)14(8-12(10)28-19(11)26)29-20-18(25)17(24)16(23)15(9-22)30-20/h5-8,15-18,20,22-25H,1,9H2,2-4H3. The summed E-state index contributed by atoms with van der Waals surface area (Å²) in [5.41, 5.74) is -0.497. The molecule has 0 radical (unpaired) electrons. The number of methoxy groups -OCH3 is 1. The Hall–Kier alpha value is -2.43. The average Bonchev–Trinajstić information content (AvgIpc) is 2.73. The van der Waals surface area contributed by atoms with E-state index in [4.69, 9.17) is 18.6 Å². The number of rotatable bonds is 6. The lowest BCUT2D eigenvalue weighted by Crippen LogP contribution is -2.60. The minimum atomic E-state index is -1.59. The second kappa shape index (κ2) is 8.37. The SMILES string of the molecule is C=CC(C)(C)c1cc2cc(OC)c(OC3OC(CO)C(O)C(O)C3O)cc2oc1=O. The van der Waals surface area contributed by atoms with Crippen LogP contribution in [0.1, 0.15) is 19.4 Å². The Morgan fingerprint density at radius 3 is 2.43 bits per heavy atom. The van der Waals surface area contributed by atoms with E-state index in [1.165, 1.54) is 13.2 Å². The highest BCUT2D eigenvalue weighted by Crippen LogP contribution is 2.36. The average molecular weight is 422 g/mol. The fourth-order valence-electron chi connectivity index (χ4n) is 3.23. The van der Waals surface area contributed by atoms with Crippen molar-refractivity contribution in [2.75, 3.05) is 13.7 Å². The van der Waals surface area contributed by atoms with Crippen LogP contribution in [-0.4, -0.2) is 64.8 Å². The number of ether oxygens (including phenoxy) is 3. The zero-order valence-electron chi connectivity index (χ0n) is 16.9. The summed E-state index contributed by atoms with van der Waals surface area (Å²) < 4.78 is 21.8. The quantitative estimate of drug-likeness (QED) is 0.386. The van der Waals surface area contributed by atoms with E-state index in [0.29, 0.717) is 10.9 Å². The molecule has 1 aromatic carbocycles. The molecule has 0 amide bonds. The molecule has 1 aliphatic rings. The van der Waals surface area contributed by atoms with Gasteiger partial charge in [0.2, 0.25) is 6.29 Å². The Bertz CT molecular complexity index is 978. The van der Waals surface area contributed by atoms with Crippen LogP contribution in [0.4, 0.5) is 0 Å². The van der Waals surface area contributed by atoms with E-state index in [1.807, 2.05) is 13.8 Å². The Morgan fingerprint density at radius 2 is 1.83 bits per heavy atom. The maximum atomic E-state index is 12.5. The third-order valence-corrected chi connectivity index (χ3v) is 5.31. The van der Waals surface area contributed by atoms with Crippen LogP contribution in [0.5, 0.6) is 11.5 Å². The number of fused-ring (bicyclic) bond motifs is 1. The maximum Gasteiger partial charge on any atom is 0.340 e. The predicted molar refractivity (Wildman–Crippen MR) is 107 cm³/mol. The van der Waals surface area contributed by atoms with Crippen LogP contribution >= 0.6 is 0 Å². The first kappa shape index (κ1) is 22.3. The van der Waals surface area contributed by atoms with Gasteiger partial charge in [-0.05, 0) is 12.1 Å². The molecule has 1 aliphatic heterocycles. The Labute approximate surface area is 172 Å². The molecule has 5 atom stereocenters. The maximum absolute atomic E-state index is 12.5. The lowest BCUT2D eigenvalue weighted by Gasteiger charge is -2.39. The molecule has 3 rings (SSSR count). The highest BCUT2D eigenvalue weighted by atomic mass is 16.7. The van der Waals surface area contributed by atoms with Crippen molar-refractivity contribution < 1.29 is 39.1 Å². The summed E-state index contributed by atoms with van der Waals surface area (Å²) in [5.74, 6) is 0.337. The van der Waals surface area contributed by atoms with Gasteiger partial charge in [0.25, 0.3) is 0 Å². The highest BCUT2D eigenvalue weighted by molar-refractivity contribution is 5.81. The van der Waals surface area contributed by atoms with Gasteiger partial charge in [-0.3, -0.25) is 0 Å². The van der Waals surface area contributed by atoms with Crippen LogP contribution in [0.2, 0.25) is 0 Å². The van der Waals surface area contributed by atoms with Crippen molar-refractivity contribution in [3.05, 3.63) is 46.8 Å². The number of aliphatic hydroxyl groups is 4. The molecule has 0 saturated carbocycles. The second-order valence-electron chi connectivity index (χ2n) is 7.73. The van der Waals surface area contributed by atoms with Crippen LogP contribution in [0.15, 0.2) is 40.1 Å². The molecule has 0 aliphatic carbocycles. The van der Waals surface area contributed by atoms with Crippen molar-refractivity contribution in [1.82, 2.24) is 0 Å². The van der Waals surface area contributed by atoms with Crippen LogP contribution in [0.25, 0.3) is 11.0 Å². The van der Waals surface area contributed by atoms with Gasteiger partial charge in [-0.25, -0.2) is 4.79 Å². The zero-order valence-corrected chi connectivity index (χ0v) is 16.9. The molecular formula is C21H26O9. The van der Waals surface area contributed by atoms with Gasteiger partial charge >= 0.3 is 5.63 Å². The first-order valence-corrected chi connectivity index (χ1v) is 9.40.